The van der Waals surface area contributed by atoms with Crippen LogP contribution in [0.5, 0.6) is 5.75 Å². The number of para-hydroxylation sites is 1. The summed E-state index contributed by atoms with van der Waals surface area (Å²) in [5.41, 5.74) is 3.94. The van der Waals surface area contributed by atoms with Gasteiger partial charge in [-0.2, -0.15) is 0 Å². The van der Waals surface area contributed by atoms with Crippen LogP contribution in [0, 0.1) is 6.92 Å². The lowest BCUT2D eigenvalue weighted by Gasteiger charge is -2.24. The van der Waals surface area contributed by atoms with Crippen LogP contribution in [0.2, 0.25) is 0 Å². The number of hydrogen-bond donors (Lipinski definition) is 1. The lowest BCUT2D eigenvalue weighted by Crippen LogP contribution is -2.29. The van der Waals surface area contributed by atoms with Gasteiger partial charge in [-0.3, -0.25) is 9.59 Å². The molecule has 5 rings (SSSR count). The van der Waals surface area contributed by atoms with Gasteiger partial charge in [0.15, 0.2) is 0 Å². The van der Waals surface area contributed by atoms with E-state index >= 15 is 0 Å². The van der Waals surface area contributed by atoms with E-state index in [9.17, 15) is 14.7 Å². The van der Waals surface area contributed by atoms with E-state index in [0.29, 0.717) is 17.1 Å². The Hall–Kier alpha value is -4.26. The van der Waals surface area contributed by atoms with E-state index in [1.165, 1.54) is 11.2 Å². The Morgan fingerprint density at radius 1 is 1.14 bits per heavy atom. The molecule has 1 aliphatic rings. The minimum atomic E-state index is -0.791. The first-order chi connectivity index (χ1) is 17.7. The predicted molar refractivity (Wildman–Crippen MR) is 141 cm³/mol. The van der Waals surface area contributed by atoms with Crippen molar-refractivity contribution in [3.63, 3.8) is 0 Å². The van der Waals surface area contributed by atoms with Crippen LogP contribution in [0.25, 0.3) is 16.7 Å². The van der Waals surface area contributed by atoms with E-state index < -0.39 is 17.7 Å². The highest BCUT2D eigenvalue weighted by molar-refractivity contribution is 6.46. The van der Waals surface area contributed by atoms with Gasteiger partial charge in [0.05, 0.1) is 31.5 Å². The van der Waals surface area contributed by atoms with Crippen molar-refractivity contribution < 1.29 is 23.8 Å². The standard InChI is InChI=1S/C30H30N2O5/c1-17(2)21-14-22(18(3)13-25(21)36-5)28(33)26-27(23-16-31(4)24-11-7-6-10-20(23)24)32(30(35)29(26)34)15-19-9-8-12-37-19/h6-14,16-17,27,33H,15H2,1-5H3/b28-26+. The van der Waals surface area contributed by atoms with Crippen molar-refractivity contribution in [2.24, 2.45) is 7.05 Å². The summed E-state index contributed by atoms with van der Waals surface area (Å²) in [6, 6.07) is 14.3. The number of rotatable bonds is 6. The molecule has 37 heavy (non-hydrogen) atoms. The van der Waals surface area contributed by atoms with Crippen molar-refractivity contribution in [2.45, 2.75) is 39.3 Å². The number of aromatic nitrogens is 1. The molecule has 0 saturated carbocycles. The Bertz CT molecular complexity index is 1540. The number of Topliss-reactive ketones (excluding diaryl/α,β-unsaturated/α-hetero) is 1. The Balaban J connectivity index is 1.77. The number of likely N-dealkylation sites (tertiary alicyclic amines) is 1. The molecular formula is C30H30N2O5. The first kappa shape index (κ1) is 24.4. The number of amides is 1. The zero-order chi connectivity index (χ0) is 26.4. The first-order valence-corrected chi connectivity index (χ1v) is 12.3. The van der Waals surface area contributed by atoms with Crippen LogP contribution >= 0.6 is 0 Å². The number of aryl methyl sites for hydroxylation is 2. The summed E-state index contributed by atoms with van der Waals surface area (Å²) in [5.74, 6) is -0.199. The summed E-state index contributed by atoms with van der Waals surface area (Å²) in [6.07, 6.45) is 3.46. The van der Waals surface area contributed by atoms with Gasteiger partial charge in [0.1, 0.15) is 17.3 Å². The lowest BCUT2D eigenvalue weighted by molar-refractivity contribution is -0.140. The number of aliphatic hydroxyl groups excluding tert-OH is 1. The summed E-state index contributed by atoms with van der Waals surface area (Å²) in [5, 5.41) is 12.6. The fourth-order valence-electron chi connectivity index (χ4n) is 5.25. The molecule has 7 nitrogen and oxygen atoms in total. The highest BCUT2D eigenvalue weighted by atomic mass is 16.5. The second-order valence-electron chi connectivity index (χ2n) is 9.78. The van der Waals surface area contributed by atoms with E-state index in [4.69, 9.17) is 9.15 Å². The Labute approximate surface area is 215 Å². The van der Waals surface area contributed by atoms with Crippen molar-refractivity contribution >= 4 is 28.4 Å². The van der Waals surface area contributed by atoms with Gasteiger partial charge in [0, 0.05) is 35.3 Å². The molecule has 0 aliphatic carbocycles. The number of ether oxygens (including phenoxy) is 1. The van der Waals surface area contributed by atoms with Crippen LogP contribution in [-0.4, -0.2) is 33.4 Å². The maximum absolute atomic E-state index is 13.6. The summed E-state index contributed by atoms with van der Waals surface area (Å²) in [7, 11) is 3.54. The number of furan rings is 1. The van der Waals surface area contributed by atoms with Crippen molar-refractivity contribution in [3.8, 4) is 5.75 Å². The van der Waals surface area contributed by atoms with Crippen LogP contribution in [-0.2, 0) is 23.2 Å². The van der Waals surface area contributed by atoms with Gasteiger partial charge >= 0.3 is 0 Å². The van der Waals surface area contributed by atoms with Gasteiger partial charge < -0.3 is 23.7 Å². The molecule has 1 unspecified atom stereocenters. The van der Waals surface area contributed by atoms with Gasteiger partial charge in [-0.25, -0.2) is 0 Å². The average Bonchev–Trinajstić information content (AvgIpc) is 3.57. The van der Waals surface area contributed by atoms with Crippen LogP contribution < -0.4 is 4.74 Å². The molecule has 0 bridgehead atoms. The maximum atomic E-state index is 13.6. The number of ketones is 1. The fraction of sp³-hybridized carbons (Fsp3) is 0.267. The fourth-order valence-corrected chi connectivity index (χ4v) is 5.25. The average molecular weight is 499 g/mol. The molecule has 1 fully saturated rings. The second-order valence-corrected chi connectivity index (χ2v) is 9.78. The van der Waals surface area contributed by atoms with Gasteiger partial charge in [-0.05, 0) is 54.3 Å². The quantitative estimate of drug-likeness (QED) is 0.205. The van der Waals surface area contributed by atoms with E-state index in [1.807, 2.05) is 75.0 Å². The number of methoxy groups -OCH3 is 1. The smallest absolute Gasteiger partial charge is 0.296 e. The van der Waals surface area contributed by atoms with Crippen molar-refractivity contribution in [1.29, 1.82) is 0 Å². The summed E-state index contributed by atoms with van der Waals surface area (Å²) < 4.78 is 13.0. The molecule has 0 radical (unpaired) electrons. The molecule has 0 spiro atoms. The van der Waals surface area contributed by atoms with E-state index in [-0.39, 0.29) is 23.8 Å². The van der Waals surface area contributed by atoms with Crippen LogP contribution in [0.15, 0.2) is 71.0 Å². The molecular weight excluding hydrogens is 468 g/mol. The third-order valence-electron chi connectivity index (χ3n) is 7.12. The minimum absolute atomic E-state index is 0.0656. The maximum Gasteiger partial charge on any atom is 0.296 e. The third kappa shape index (κ3) is 4.00. The first-order valence-electron chi connectivity index (χ1n) is 12.3. The van der Waals surface area contributed by atoms with Gasteiger partial charge in [0.2, 0.25) is 0 Å². The summed E-state index contributed by atoms with van der Waals surface area (Å²) >= 11 is 0. The largest absolute Gasteiger partial charge is 0.507 e. The zero-order valence-electron chi connectivity index (χ0n) is 21.6. The zero-order valence-corrected chi connectivity index (χ0v) is 21.6. The molecule has 2 aromatic carbocycles. The summed E-state index contributed by atoms with van der Waals surface area (Å²) in [4.78, 5) is 28.5. The predicted octanol–water partition coefficient (Wildman–Crippen LogP) is 5.83. The number of hydrogen-bond acceptors (Lipinski definition) is 5. The molecule has 1 saturated heterocycles. The third-order valence-corrected chi connectivity index (χ3v) is 7.12. The van der Waals surface area contributed by atoms with E-state index in [2.05, 4.69) is 0 Å². The molecule has 190 valence electrons. The SMILES string of the molecule is COc1cc(C)c(/C(O)=C2\C(=O)C(=O)N(Cc3ccco3)C2c2cn(C)c3ccccc23)cc1C(C)C. The number of benzene rings is 2. The van der Waals surface area contributed by atoms with Crippen LogP contribution in [0.3, 0.4) is 0 Å². The van der Waals surface area contributed by atoms with Crippen molar-refractivity contribution in [1.82, 2.24) is 9.47 Å². The number of fused-ring (bicyclic) bond motifs is 1. The van der Waals surface area contributed by atoms with Gasteiger partial charge in [0.25, 0.3) is 11.7 Å². The van der Waals surface area contributed by atoms with Crippen molar-refractivity contribution in [3.05, 3.63) is 94.6 Å². The molecule has 1 amide bonds. The summed E-state index contributed by atoms with van der Waals surface area (Å²) in [6.45, 7) is 6.03. The molecule has 3 heterocycles. The number of nitrogens with zero attached hydrogens (tertiary/aromatic N) is 2. The Morgan fingerprint density at radius 3 is 2.57 bits per heavy atom. The topological polar surface area (TPSA) is 84.9 Å². The number of carbonyl (C=O) groups excluding carboxylic acids is 2. The Morgan fingerprint density at radius 2 is 1.89 bits per heavy atom. The van der Waals surface area contributed by atoms with Crippen molar-refractivity contribution in [2.75, 3.05) is 7.11 Å². The number of aliphatic hydroxyl groups is 1. The van der Waals surface area contributed by atoms with Gasteiger partial charge in [-0.15, -0.1) is 0 Å². The van der Waals surface area contributed by atoms with E-state index in [1.54, 1.807) is 19.2 Å². The molecule has 1 aliphatic heterocycles. The van der Waals surface area contributed by atoms with Crippen LogP contribution in [0.4, 0.5) is 0 Å². The van der Waals surface area contributed by atoms with Crippen LogP contribution in [0.1, 0.15) is 53.8 Å². The second kappa shape index (κ2) is 9.32. The normalized spacial score (nSPS) is 17.4. The van der Waals surface area contributed by atoms with E-state index in [0.717, 1.165) is 27.6 Å². The minimum Gasteiger partial charge on any atom is -0.507 e. The lowest BCUT2D eigenvalue weighted by atomic mass is 9.91. The molecule has 1 N–H and O–H groups in total. The Kier molecular flexibility index (Phi) is 6.15. The molecule has 1 atom stereocenters. The highest BCUT2D eigenvalue weighted by Crippen LogP contribution is 2.44. The molecule has 4 aromatic rings. The molecule has 7 heteroatoms. The van der Waals surface area contributed by atoms with Gasteiger partial charge in [-0.1, -0.05) is 32.0 Å². The number of carbonyl (C=O) groups is 2. The highest BCUT2D eigenvalue weighted by Gasteiger charge is 2.47. The molecule has 2 aromatic heterocycles. The monoisotopic (exact) mass is 498 g/mol.